The summed E-state index contributed by atoms with van der Waals surface area (Å²) >= 11 is 6.17. The number of rotatable bonds is 3. The first-order chi connectivity index (χ1) is 10.0. The average molecular weight is 407 g/mol. The molecule has 1 aliphatic heterocycles. The molecule has 2 aromatic rings. The van der Waals surface area contributed by atoms with Crippen LogP contribution in [0.5, 0.6) is 0 Å². The number of hydrogen-bond donors (Lipinski definition) is 1. The fraction of sp³-hybridized carbons (Fsp3) is 0.357. The summed E-state index contributed by atoms with van der Waals surface area (Å²) in [5.74, 6) is 0. The number of benzene rings is 1. The highest BCUT2D eigenvalue weighted by Gasteiger charge is 2.33. The lowest BCUT2D eigenvalue weighted by Gasteiger charge is -2.18. The molecular formula is C14H17BrClN3O2S. The molecule has 0 aliphatic carbocycles. The quantitative estimate of drug-likeness (QED) is 0.850. The minimum absolute atomic E-state index is 0. The largest absolute Gasteiger partial charge is 0.316 e. The zero-order valence-corrected chi connectivity index (χ0v) is 15.3. The van der Waals surface area contributed by atoms with Crippen LogP contribution in [0.1, 0.15) is 6.42 Å². The Bertz CT molecular complexity index is 780. The number of aromatic nitrogens is 1. The Labute approximate surface area is 145 Å². The number of halogens is 2. The molecule has 120 valence electrons. The summed E-state index contributed by atoms with van der Waals surface area (Å²) in [6, 6.07) is 5.34. The topological polar surface area (TPSA) is 62.3 Å². The average Bonchev–Trinajstić information content (AvgIpc) is 2.97. The third-order valence-corrected chi connectivity index (χ3v) is 6.07. The van der Waals surface area contributed by atoms with E-state index in [-0.39, 0.29) is 27.9 Å². The van der Waals surface area contributed by atoms with Crippen LogP contribution in [0.25, 0.3) is 10.8 Å². The number of likely N-dealkylation sites (N-methyl/N-ethyl adjacent to an activating group) is 1. The SMILES string of the molecule is Br.CN[C@H]1CCN(S(=O)(=O)c2cccc3cncc(Cl)c23)C1. The monoisotopic (exact) mass is 405 g/mol. The Morgan fingerprint density at radius 2 is 2.14 bits per heavy atom. The van der Waals surface area contributed by atoms with Gasteiger partial charge >= 0.3 is 0 Å². The van der Waals surface area contributed by atoms with Crippen molar-refractivity contribution in [2.75, 3.05) is 20.1 Å². The lowest BCUT2D eigenvalue weighted by molar-refractivity contribution is 0.465. The zero-order valence-electron chi connectivity index (χ0n) is 12.0. The van der Waals surface area contributed by atoms with Gasteiger partial charge in [-0.1, -0.05) is 23.7 Å². The van der Waals surface area contributed by atoms with Gasteiger partial charge in [-0.25, -0.2) is 8.42 Å². The summed E-state index contributed by atoms with van der Waals surface area (Å²) in [7, 11) is -1.70. The first kappa shape index (κ1) is 17.6. The molecule has 0 spiro atoms. The van der Waals surface area contributed by atoms with Gasteiger partial charge in [0.15, 0.2) is 0 Å². The van der Waals surface area contributed by atoms with Crippen LogP contribution in [0.15, 0.2) is 35.5 Å². The molecule has 22 heavy (non-hydrogen) atoms. The maximum absolute atomic E-state index is 12.9. The van der Waals surface area contributed by atoms with Crippen molar-refractivity contribution in [3.05, 3.63) is 35.6 Å². The van der Waals surface area contributed by atoms with Crippen LogP contribution in [0.4, 0.5) is 0 Å². The molecule has 0 radical (unpaired) electrons. The second kappa shape index (κ2) is 6.80. The fourth-order valence-electron chi connectivity index (χ4n) is 2.70. The molecular weight excluding hydrogens is 390 g/mol. The summed E-state index contributed by atoms with van der Waals surface area (Å²) in [4.78, 5) is 4.26. The Balaban J connectivity index is 0.00000176. The molecule has 1 N–H and O–H groups in total. The van der Waals surface area contributed by atoms with Crippen LogP contribution in [-0.4, -0.2) is 43.9 Å². The van der Waals surface area contributed by atoms with Gasteiger partial charge in [-0.3, -0.25) is 4.98 Å². The van der Waals surface area contributed by atoms with Gasteiger partial charge in [-0.2, -0.15) is 4.31 Å². The number of nitrogens with zero attached hydrogens (tertiary/aromatic N) is 2. The highest BCUT2D eigenvalue weighted by molar-refractivity contribution is 8.93. The van der Waals surface area contributed by atoms with Crippen molar-refractivity contribution in [3.8, 4) is 0 Å². The van der Waals surface area contributed by atoms with Gasteiger partial charge in [-0.05, 0) is 19.5 Å². The summed E-state index contributed by atoms with van der Waals surface area (Å²) in [5, 5.41) is 4.75. The summed E-state index contributed by atoms with van der Waals surface area (Å²) < 4.78 is 27.3. The Kier molecular flexibility index (Phi) is 5.45. The maximum atomic E-state index is 12.9. The normalized spacial score (nSPS) is 19.3. The minimum atomic E-state index is -3.55. The van der Waals surface area contributed by atoms with Crippen molar-refractivity contribution in [3.63, 3.8) is 0 Å². The van der Waals surface area contributed by atoms with E-state index in [9.17, 15) is 8.42 Å². The van der Waals surface area contributed by atoms with Gasteiger partial charge in [0.25, 0.3) is 0 Å². The highest BCUT2D eigenvalue weighted by Crippen LogP contribution is 2.31. The molecule has 1 aliphatic rings. The first-order valence-corrected chi connectivity index (χ1v) is 8.55. The van der Waals surface area contributed by atoms with Gasteiger partial charge in [-0.15, -0.1) is 17.0 Å². The van der Waals surface area contributed by atoms with Gasteiger partial charge < -0.3 is 5.32 Å². The van der Waals surface area contributed by atoms with E-state index in [0.29, 0.717) is 23.5 Å². The molecule has 8 heteroatoms. The third kappa shape index (κ3) is 3.00. The van der Waals surface area contributed by atoms with Crippen molar-refractivity contribution in [2.24, 2.45) is 0 Å². The molecule has 2 heterocycles. The summed E-state index contributed by atoms with van der Waals surface area (Å²) in [5.41, 5.74) is 0. The van der Waals surface area contributed by atoms with E-state index in [1.54, 1.807) is 18.3 Å². The fourth-order valence-corrected chi connectivity index (χ4v) is 4.75. The van der Waals surface area contributed by atoms with Crippen molar-refractivity contribution < 1.29 is 8.42 Å². The van der Waals surface area contributed by atoms with E-state index in [1.165, 1.54) is 10.5 Å². The van der Waals surface area contributed by atoms with Gasteiger partial charge in [0.05, 0.1) is 9.92 Å². The molecule has 1 aromatic carbocycles. The highest BCUT2D eigenvalue weighted by atomic mass is 79.9. The summed E-state index contributed by atoms with van der Waals surface area (Å²) in [6.07, 6.45) is 3.92. The van der Waals surface area contributed by atoms with Crippen LogP contribution in [0, 0.1) is 0 Å². The lowest BCUT2D eigenvalue weighted by atomic mass is 10.2. The van der Waals surface area contributed by atoms with E-state index in [4.69, 9.17) is 11.6 Å². The molecule has 1 aromatic heterocycles. The number of fused-ring (bicyclic) bond motifs is 1. The van der Waals surface area contributed by atoms with Gasteiger partial charge in [0.1, 0.15) is 0 Å². The van der Waals surface area contributed by atoms with E-state index in [0.717, 1.165) is 11.8 Å². The van der Waals surface area contributed by atoms with Crippen LogP contribution < -0.4 is 5.32 Å². The maximum Gasteiger partial charge on any atom is 0.243 e. The van der Waals surface area contributed by atoms with Crippen molar-refractivity contribution in [1.82, 2.24) is 14.6 Å². The smallest absolute Gasteiger partial charge is 0.243 e. The van der Waals surface area contributed by atoms with E-state index < -0.39 is 10.0 Å². The molecule has 3 rings (SSSR count). The Hall–Kier alpha value is -0.730. The van der Waals surface area contributed by atoms with Crippen molar-refractivity contribution >= 4 is 49.4 Å². The number of pyridine rings is 1. The van der Waals surface area contributed by atoms with Crippen molar-refractivity contribution in [2.45, 2.75) is 17.4 Å². The van der Waals surface area contributed by atoms with Crippen LogP contribution in [0.3, 0.4) is 0 Å². The van der Waals surface area contributed by atoms with E-state index in [2.05, 4.69) is 10.3 Å². The predicted molar refractivity (Wildman–Crippen MR) is 93.3 cm³/mol. The Morgan fingerprint density at radius 1 is 1.36 bits per heavy atom. The molecule has 0 saturated carbocycles. The minimum Gasteiger partial charge on any atom is -0.316 e. The summed E-state index contributed by atoms with van der Waals surface area (Å²) in [6.45, 7) is 1.00. The van der Waals surface area contributed by atoms with Crippen LogP contribution >= 0.6 is 28.6 Å². The predicted octanol–water partition coefficient (Wildman–Crippen LogP) is 2.45. The van der Waals surface area contributed by atoms with E-state index >= 15 is 0 Å². The lowest BCUT2D eigenvalue weighted by Crippen LogP contribution is -2.33. The number of hydrogen-bond acceptors (Lipinski definition) is 4. The van der Waals surface area contributed by atoms with Crippen molar-refractivity contribution in [1.29, 1.82) is 0 Å². The standard InChI is InChI=1S/C14H16ClN3O2S.BrH/c1-16-11-5-6-18(9-11)21(19,20)13-4-2-3-10-7-17-8-12(15)14(10)13;/h2-4,7-8,11,16H,5-6,9H2,1H3;1H/t11-;/m0./s1. The van der Waals surface area contributed by atoms with Crippen LogP contribution in [0.2, 0.25) is 5.02 Å². The Morgan fingerprint density at radius 3 is 2.82 bits per heavy atom. The second-order valence-electron chi connectivity index (χ2n) is 5.11. The second-order valence-corrected chi connectivity index (χ2v) is 7.43. The molecule has 1 atom stereocenters. The first-order valence-electron chi connectivity index (χ1n) is 6.73. The molecule has 0 amide bonds. The number of nitrogens with one attached hydrogen (secondary N) is 1. The molecule has 1 saturated heterocycles. The molecule has 0 bridgehead atoms. The molecule has 0 unspecified atom stereocenters. The number of sulfonamides is 1. The van der Waals surface area contributed by atoms with Crippen LogP contribution in [-0.2, 0) is 10.0 Å². The third-order valence-electron chi connectivity index (χ3n) is 3.88. The van der Waals surface area contributed by atoms with E-state index in [1.807, 2.05) is 13.1 Å². The van der Waals surface area contributed by atoms with Gasteiger partial charge in [0, 0.05) is 42.3 Å². The zero-order chi connectivity index (χ0) is 15.0. The van der Waals surface area contributed by atoms with Gasteiger partial charge in [0.2, 0.25) is 10.0 Å². The molecule has 1 fully saturated rings. The molecule has 5 nitrogen and oxygen atoms in total.